The Hall–Kier alpha value is -4.01. The highest BCUT2D eigenvalue weighted by atomic mass is 16.5. The van der Waals surface area contributed by atoms with Gasteiger partial charge in [0.2, 0.25) is 5.91 Å². The number of ether oxygens (including phenoxy) is 1. The number of hydrogen-bond acceptors (Lipinski definition) is 6. The van der Waals surface area contributed by atoms with Crippen LogP contribution in [-0.2, 0) is 16.1 Å². The summed E-state index contributed by atoms with van der Waals surface area (Å²) in [7, 11) is 0. The number of urea groups is 1. The van der Waals surface area contributed by atoms with E-state index in [9.17, 15) is 24.0 Å². The molecule has 1 fully saturated rings. The standard InChI is InChI=1S/C21H17N3O6/c25-17-11-22-21(29)24(17)12-13-4-3-5-14(10-13)20(28)30-9-8-23-18(26)15-6-1-2-7-16(15)19(23)27/h1-7,10H,8-9,11-12H2,(H,22,29). The third-order valence-electron chi connectivity index (χ3n) is 4.87. The molecule has 9 nitrogen and oxygen atoms in total. The van der Waals surface area contributed by atoms with Crippen molar-refractivity contribution in [2.75, 3.05) is 19.7 Å². The molecular formula is C21H17N3O6. The topological polar surface area (TPSA) is 113 Å². The van der Waals surface area contributed by atoms with Crippen molar-refractivity contribution in [2.45, 2.75) is 6.54 Å². The molecule has 2 heterocycles. The van der Waals surface area contributed by atoms with Crippen LogP contribution in [0.15, 0.2) is 48.5 Å². The Morgan fingerprint density at radius 3 is 2.27 bits per heavy atom. The zero-order valence-electron chi connectivity index (χ0n) is 15.8. The van der Waals surface area contributed by atoms with E-state index >= 15 is 0 Å². The van der Waals surface area contributed by atoms with Crippen molar-refractivity contribution in [3.8, 4) is 0 Å². The Morgan fingerprint density at radius 2 is 1.63 bits per heavy atom. The number of carbonyl (C=O) groups is 5. The van der Waals surface area contributed by atoms with Gasteiger partial charge in [-0.05, 0) is 29.8 Å². The number of benzene rings is 2. The maximum atomic E-state index is 12.3. The van der Waals surface area contributed by atoms with Crippen LogP contribution in [0.25, 0.3) is 0 Å². The minimum Gasteiger partial charge on any atom is -0.460 e. The first-order valence-electron chi connectivity index (χ1n) is 9.25. The third kappa shape index (κ3) is 3.52. The van der Waals surface area contributed by atoms with Crippen LogP contribution in [0.1, 0.15) is 36.6 Å². The van der Waals surface area contributed by atoms with Crippen molar-refractivity contribution in [2.24, 2.45) is 0 Å². The lowest BCUT2D eigenvalue weighted by atomic mass is 10.1. The third-order valence-corrected chi connectivity index (χ3v) is 4.87. The van der Waals surface area contributed by atoms with Crippen molar-refractivity contribution in [3.05, 3.63) is 70.8 Å². The van der Waals surface area contributed by atoms with E-state index in [-0.39, 0.29) is 37.7 Å². The molecule has 0 radical (unpaired) electrons. The fourth-order valence-electron chi connectivity index (χ4n) is 3.35. The number of nitrogens with one attached hydrogen (secondary N) is 1. The van der Waals surface area contributed by atoms with E-state index in [1.165, 1.54) is 6.07 Å². The molecule has 1 saturated heterocycles. The number of fused-ring (bicyclic) bond motifs is 1. The summed E-state index contributed by atoms with van der Waals surface area (Å²) in [5, 5.41) is 2.43. The van der Waals surface area contributed by atoms with Gasteiger partial charge in [0.15, 0.2) is 0 Å². The fraction of sp³-hybridized carbons (Fsp3) is 0.190. The lowest BCUT2D eigenvalue weighted by Gasteiger charge is -2.14. The van der Waals surface area contributed by atoms with Gasteiger partial charge in [-0.2, -0.15) is 0 Å². The summed E-state index contributed by atoms with van der Waals surface area (Å²) in [5.74, 6) is -1.80. The summed E-state index contributed by atoms with van der Waals surface area (Å²) in [6.07, 6.45) is 0. The van der Waals surface area contributed by atoms with Crippen molar-refractivity contribution in [1.82, 2.24) is 15.1 Å². The summed E-state index contributed by atoms with van der Waals surface area (Å²) in [6.45, 7) is -0.207. The number of esters is 1. The van der Waals surface area contributed by atoms with Crippen LogP contribution in [0.2, 0.25) is 0 Å². The highest BCUT2D eigenvalue weighted by Gasteiger charge is 2.35. The molecule has 0 bridgehead atoms. The fourth-order valence-corrected chi connectivity index (χ4v) is 3.35. The molecule has 30 heavy (non-hydrogen) atoms. The molecule has 0 saturated carbocycles. The van der Waals surface area contributed by atoms with Crippen LogP contribution >= 0.6 is 0 Å². The van der Waals surface area contributed by atoms with Crippen LogP contribution in [0.4, 0.5) is 4.79 Å². The lowest BCUT2D eigenvalue weighted by molar-refractivity contribution is -0.125. The van der Waals surface area contributed by atoms with Gasteiger partial charge in [-0.3, -0.25) is 24.2 Å². The minimum absolute atomic E-state index is 0.0425. The number of nitrogens with zero attached hydrogens (tertiary/aromatic N) is 2. The smallest absolute Gasteiger partial charge is 0.338 e. The van der Waals surface area contributed by atoms with Crippen molar-refractivity contribution >= 4 is 29.7 Å². The second kappa shape index (κ2) is 7.78. The first kappa shape index (κ1) is 19.3. The maximum Gasteiger partial charge on any atom is 0.338 e. The monoisotopic (exact) mass is 407 g/mol. The van der Waals surface area contributed by atoms with Gasteiger partial charge in [0.1, 0.15) is 6.61 Å². The Morgan fingerprint density at radius 1 is 0.933 bits per heavy atom. The molecule has 0 unspecified atom stereocenters. The summed E-state index contributed by atoms with van der Waals surface area (Å²) < 4.78 is 5.21. The number of carbonyl (C=O) groups excluding carboxylic acids is 5. The van der Waals surface area contributed by atoms with Crippen molar-refractivity contribution in [1.29, 1.82) is 0 Å². The summed E-state index contributed by atoms with van der Waals surface area (Å²) in [5.41, 5.74) is 1.50. The largest absolute Gasteiger partial charge is 0.460 e. The van der Waals surface area contributed by atoms with Crippen LogP contribution in [-0.4, -0.2) is 59.2 Å². The van der Waals surface area contributed by atoms with Gasteiger partial charge in [-0.15, -0.1) is 0 Å². The molecule has 2 aliphatic heterocycles. The second-order valence-electron chi connectivity index (χ2n) is 6.78. The number of hydrogen-bond donors (Lipinski definition) is 1. The van der Waals surface area contributed by atoms with E-state index in [1.807, 2.05) is 0 Å². The molecule has 0 spiro atoms. The average Bonchev–Trinajstić information content (AvgIpc) is 3.20. The molecule has 1 N–H and O–H groups in total. The van der Waals surface area contributed by atoms with E-state index in [0.717, 1.165) is 9.80 Å². The Bertz CT molecular complexity index is 1030. The molecule has 2 aliphatic rings. The zero-order chi connectivity index (χ0) is 21.3. The van der Waals surface area contributed by atoms with E-state index in [0.29, 0.717) is 16.7 Å². The van der Waals surface area contributed by atoms with Crippen molar-refractivity contribution in [3.63, 3.8) is 0 Å². The van der Waals surface area contributed by atoms with Crippen LogP contribution in [0, 0.1) is 0 Å². The van der Waals surface area contributed by atoms with Gasteiger partial charge >= 0.3 is 12.0 Å². The Balaban J connectivity index is 1.35. The van der Waals surface area contributed by atoms with Gasteiger partial charge < -0.3 is 10.1 Å². The zero-order valence-corrected chi connectivity index (χ0v) is 15.8. The first-order chi connectivity index (χ1) is 14.5. The normalized spacial score (nSPS) is 15.5. The molecule has 0 atom stereocenters. The van der Waals surface area contributed by atoms with Gasteiger partial charge in [0.05, 0.1) is 36.3 Å². The number of imide groups is 2. The van der Waals surface area contributed by atoms with Crippen LogP contribution < -0.4 is 5.32 Å². The molecular weight excluding hydrogens is 390 g/mol. The quantitative estimate of drug-likeness (QED) is 0.437. The number of rotatable bonds is 6. The van der Waals surface area contributed by atoms with Crippen LogP contribution in [0.3, 0.4) is 0 Å². The lowest BCUT2D eigenvalue weighted by Crippen LogP contribution is -2.33. The summed E-state index contributed by atoms with van der Waals surface area (Å²) >= 11 is 0. The van der Waals surface area contributed by atoms with Gasteiger partial charge in [0, 0.05) is 0 Å². The number of amides is 5. The van der Waals surface area contributed by atoms with E-state index in [4.69, 9.17) is 4.74 Å². The van der Waals surface area contributed by atoms with Crippen LogP contribution in [0.5, 0.6) is 0 Å². The van der Waals surface area contributed by atoms with E-state index in [2.05, 4.69) is 5.32 Å². The molecule has 9 heteroatoms. The SMILES string of the molecule is O=C(OCCN1C(=O)c2ccccc2C1=O)c1cccc(CN2C(=O)CNC2=O)c1. The summed E-state index contributed by atoms with van der Waals surface area (Å²) in [4.78, 5) is 62.4. The molecule has 5 amide bonds. The highest BCUT2D eigenvalue weighted by molar-refractivity contribution is 6.21. The molecule has 0 aromatic heterocycles. The highest BCUT2D eigenvalue weighted by Crippen LogP contribution is 2.22. The molecule has 4 rings (SSSR count). The van der Waals surface area contributed by atoms with Gasteiger partial charge in [-0.1, -0.05) is 24.3 Å². The van der Waals surface area contributed by atoms with E-state index < -0.39 is 23.8 Å². The molecule has 152 valence electrons. The Kier molecular flexibility index (Phi) is 5.01. The predicted octanol–water partition coefficient (Wildman–Crippen LogP) is 1.19. The predicted molar refractivity (Wildman–Crippen MR) is 102 cm³/mol. The second-order valence-corrected chi connectivity index (χ2v) is 6.78. The van der Waals surface area contributed by atoms with E-state index in [1.54, 1.807) is 42.5 Å². The van der Waals surface area contributed by atoms with Gasteiger partial charge in [-0.25, -0.2) is 9.59 Å². The van der Waals surface area contributed by atoms with Crippen molar-refractivity contribution < 1.29 is 28.7 Å². The maximum absolute atomic E-state index is 12.3. The molecule has 0 aliphatic carbocycles. The molecule has 2 aromatic rings. The van der Waals surface area contributed by atoms with Gasteiger partial charge in [0.25, 0.3) is 11.8 Å². The average molecular weight is 407 g/mol. The minimum atomic E-state index is -0.634. The molecule has 2 aromatic carbocycles. The Labute approximate surface area is 171 Å². The first-order valence-corrected chi connectivity index (χ1v) is 9.25. The summed E-state index contributed by atoms with van der Waals surface area (Å²) in [6, 6.07) is 12.4.